The molecule has 10 heteroatoms. The number of amides is 3. The van der Waals surface area contributed by atoms with Gasteiger partial charge >= 0.3 is 12.1 Å². The number of rotatable bonds is 2. The van der Waals surface area contributed by atoms with E-state index in [4.69, 9.17) is 4.74 Å². The van der Waals surface area contributed by atoms with Crippen molar-refractivity contribution in [1.82, 2.24) is 19.8 Å². The van der Waals surface area contributed by atoms with E-state index in [1.165, 1.54) is 7.11 Å². The maximum absolute atomic E-state index is 13.6. The van der Waals surface area contributed by atoms with Crippen LogP contribution in [0.25, 0.3) is 22.2 Å². The first-order valence-corrected chi connectivity index (χ1v) is 12.6. The van der Waals surface area contributed by atoms with Crippen LogP contribution in [-0.2, 0) is 16.1 Å². The molecule has 3 amide bonds. The smallest absolute Gasteiger partial charge is 0.413 e. The predicted molar refractivity (Wildman–Crippen MR) is 136 cm³/mol. The van der Waals surface area contributed by atoms with Crippen LogP contribution in [0.3, 0.4) is 0 Å². The monoisotopic (exact) mass is 503 g/mol. The summed E-state index contributed by atoms with van der Waals surface area (Å²) in [4.78, 5) is 48.5. The summed E-state index contributed by atoms with van der Waals surface area (Å²) in [6, 6.07) is 10.1. The number of aromatic nitrogens is 2. The van der Waals surface area contributed by atoms with E-state index >= 15 is 0 Å². The van der Waals surface area contributed by atoms with Crippen molar-refractivity contribution in [2.45, 2.75) is 51.2 Å². The highest BCUT2D eigenvalue weighted by Gasteiger charge is 2.44. The van der Waals surface area contributed by atoms with Crippen molar-refractivity contribution in [2.75, 3.05) is 25.6 Å². The number of imidazole rings is 1. The van der Waals surface area contributed by atoms with Gasteiger partial charge in [0.15, 0.2) is 0 Å². The van der Waals surface area contributed by atoms with Gasteiger partial charge in [-0.25, -0.2) is 14.6 Å². The molecule has 2 bridgehead atoms. The summed E-state index contributed by atoms with van der Waals surface area (Å²) < 4.78 is 10.7. The summed E-state index contributed by atoms with van der Waals surface area (Å²) in [5.41, 5.74) is 5.43. The van der Waals surface area contributed by atoms with Crippen molar-refractivity contribution in [2.24, 2.45) is 0 Å². The number of carbonyl (C=O) groups is 3. The lowest BCUT2D eigenvalue weighted by atomic mass is 9.98. The number of ketones is 1. The Morgan fingerprint density at radius 1 is 1.14 bits per heavy atom. The van der Waals surface area contributed by atoms with Crippen molar-refractivity contribution >= 4 is 34.9 Å². The first-order valence-electron chi connectivity index (χ1n) is 12.6. The molecular weight excluding hydrogens is 474 g/mol. The number of nitrogens with one attached hydrogen (secondary N) is 2. The van der Waals surface area contributed by atoms with Gasteiger partial charge in [-0.05, 0) is 60.7 Å². The number of ether oxygens (including phenoxy) is 2. The Kier molecular flexibility index (Phi) is 5.73. The van der Waals surface area contributed by atoms with Gasteiger partial charge in [-0.15, -0.1) is 0 Å². The molecule has 2 N–H and O–H groups in total. The minimum Gasteiger partial charge on any atom is -0.491 e. The van der Waals surface area contributed by atoms with Crippen molar-refractivity contribution in [1.29, 1.82) is 0 Å². The fourth-order valence-corrected chi connectivity index (χ4v) is 5.89. The molecular formula is C27H29N5O5. The Labute approximate surface area is 213 Å². The quantitative estimate of drug-likeness (QED) is 0.541. The van der Waals surface area contributed by atoms with Crippen LogP contribution in [0.15, 0.2) is 30.3 Å². The summed E-state index contributed by atoms with van der Waals surface area (Å²) in [7, 11) is 1.30. The highest BCUT2D eigenvalue weighted by atomic mass is 16.5. The maximum atomic E-state index is 13.6. The van der Waals surface area contributed by atoms with E-state index in [9.17, 15) is 14.4 Å². The van der Waals surface area contributed by atoms with E-state index in [0.29, 0.717) is 38.5 Å². The zero-order valence-corrected chi connectivity index (χ0v) is 20.9. The third kappa shape index (κ3) is 4.26. The number of methoxy groups -OCH3 is 1. The van der Waals surface area contributed by atoms with Gasteiger partial charge in [0.25, 0.3) is 0 Å². The highest BCUT2D eigenvalue weighted by molar-refractivity contribution is 5.88. The Balaban J connectivity index is 1.28. The van der Waals surface area contributed by atoms with E-state index in [2.05, 4.69) is 32.2 Å². The molecule has 4 heterocycles. The molecule has 1 aromatic heterocycles. The molecule has 6 rings (SSSR count). The zero-order chi connectivity index (χ0) is 25.7. The molecule has 192 valence electrons. The number of H-pyrrole nitrogens is 1. The number of benzene rings is 2. The van der Waals surface area contributed by atoms with Crippen molar-refractivity contribution < 1.29 is 23.9 Å². The fourth-order valence-electron chi connectivity index (χ4n) is 5.89. The zero-order valence-electron chi connectivity index (χ0n) is 20.9. The number of urea groups is 1. The van der Waals surface area contributed by atoms with Gasteiger partial charge in [0.1, 0.15) is 18.1 Å². The van der Waals surface area contributed by atoms with Gasteiger partial charge in [-0.3, -0.25) is 10.1 Å². The first kappa shape index (κ1) is 23.3. The lowest BCUT2D eigenvalue weighted by Gasteiger charge is -2.37. The largest absolute Gasteiger partial charge is 0.491 e. The molecule has 0 aliphatic carbocycles. The molecule has 0 radical (unpaired) electrons. The molecule has 10 nitrogen and oxygen atoms in total. The summed E-state index contributed by atoms with van der Waals surface area (Å²) in [5, 5.41) is 2.55. The lowest BCUT2D eigenvalue weighted by Crippen LogP contribution is -2.52. The van der Waals surface area contributed by atoms with Gasteiger partial charge in [0, 0.05) is 30.5 Å². The van der Waals surface area contributed by atoms with Gasteiger partial charge in [0.05, 0.1) is 31.2 Å². The molecule has 0 spiro atoms. The minimum atomic E-state index is -0.594. The number of aromatic amines is 1. The number of Topliss-reactive ketones (excluding diaryl/α,β-unsaturated/α-hetero) is 1. The summed E-state index contributed by atoms with van der Waals surface area (Å²) >= 11 is 0. The van der Waals surface area contributed by atoms with Crippen LogP contribution in [0, 0.1) is 6.92 Å². The fraction of sp³-hybridized carbons (Fsp3) is 0.407. The number of carbonyl (C=O) groups excluding carboxylic acids is 3. The standard InChI is InChI=1S/C27H29N5O5/c1-15-9-17(16-3-6-22-23(11-16)29-25(28-22)30-26(34)36-2)10-18-14-31(7-8-37-24(15)18)27(35)32-19-4-5-20(32)13-21(33)12-19/h3,6,9-11,19-20H,4-5,7-8,12-14H2,1-2H3,(H2,28,29,30,34). The SMILES string of the molecule is COC(=O)Nc1nc2ccc(-c3cc(C)c4c(c3)CN(C(=O)N3C5CCC3CC(=O)C5)CCO4)cc2[nH]1. The maximum Gasteiger partial charge on any atom is 0.413 e. The molecule has 3 aliphatic heterocycles. The number of nitrogens with zero attached hydrogens (tertiary/aromatic N) is 3. The molecule has 2 fully saturated rings. The van der Waals surface area contributed by atoms with Gasteiger partial charge in [-0.2, -0.15) is 0 Å². The average Bonchev–Trinajstić information content (AvgIpc) is 3.30. The summed E-state index contributed by atoms with van der Waals surface area (Å²) in [5.74, 6) is 1.40. The van der Waals surface area contributed by atoms with E-state index in [0.717, 1.165) is 51.9 Å². The number of hydrogen-bond donors (Lipinski definition) is 2. The molecule has 2 unspecified atom stereocenters. The van der Waals surface area contributed by atoms with Crippen molar-refractivity contribution in [3.8, 4) is 16.9 Å². The first-order chi connectivity index (χ1) is 17.9. The van der Waals surface area contributed by atoms with E-state index in [1.54, 1.807) is 0 Å². The number of fused-ring (bicyclic) bond motifs is 4. The minimum absolute atomic E-state index is 0.00372. The third-order valence-corrected chi connectivity index (χ3v) is 7.58. The number of aryl methyl sites for hydroxylation is 1. The van der Waals surface area contributed by atoms with Crippen LogP contribution < -0.4 is 10.1 Å². The normalized spacial score (nSPS) is 20.9. The van der Waals surface area contributed by atoms with Crippen molar-refractivity contribution in [3.63, 3.8) is 0 Å². The Hall–Kier alpha value is -4.08. The van der Waals surface area contributed by atoms with Gasteiger partial charge in [0.2, 0.25) is 5.95 Å². The van der Waals surface area contributed by atoms with Crippen LogP contribution >= 0.6 is 0 Å². The number of hydrogen-bond acceptors (Lipinski definition) is 6. The second-order valence-corrected chi connectivity index (χ2v) is 10.0. The van der Waals surface area contributed by atoms with Crippen LogP contribution in [0.2, 0.25) is 0 Å². The summed E-state index contributed by atoms with van der Waals surface area (Å²) in [6.07, 6.45) is 2.15. The Morgan fingerprint density at radius 3 is 2.68 bits per heavy atom. The highest BCUT2D eigenvalue weighted by Crippen LogP contribution is 2.37. The topological polar surface area (TPSA) is 117 Å². The third-order valence-electron chi connectivity index (χ3n) is 7.58. The van der Waals surface area contributed by atoms with E-state index in [-0.39, 0.29) is 23.9 Å². The van der Waals surface area contributed by atoms with Crippen molar-refractivity contribution in [3.05, 3.63) is 41.5 Å². The van der Waals surface area contributed by atoms with Gasteiger partial charge in [-0.1, -0.05) is 6.07 Å². The molecule has 2 atom stereocenters. The second-order valence-electron chi connectivity index (χ2n) is 10.0. The Bertz CT molecular complexity index is 1400. The second kappa shape index (κ2) is 9.10. The molecule has 3 aromatic rings. The summed E-state index contributed by atoms with van der Waals surface area (Å²) in [6.45, 7) is 3.40. The van der Waals surface area contributed by atoms with E-state index < -0.39 is 6.09 Å². The number of piperidine rings is 1. The molecule has 0 saturated carbocycles. The average molecular weight is 504 g/mol. The lowest BCUT2D eigenvalue weighted by molar-refractivity contribution is -0.122. The van der Waals surface area contributed by atoms with E-state index in [1.807, 2.05) is 34.9 Å². The number of anilines is 1. The predicted octanol–water partition coefficient (Wildman–Crippen LogP) is 4.23. The van der Waals surface area contributed by atoms with Crippen LogP contribution in [0.4, 0.5) is 15.5 Å². The molecule has 2 aromatic carbocycles. The molecule has 2 saturated heterocycles. The Morgan fingerprint density at radius 2 is 1.92 bits per heavy atom. The molecule has 37 heavy (non-hydrogen) atoms. The molecule has 3 aliphatic rings. The van der Waals surface area contributed by atoms with Gasteiger partial charge < -0.3 is 24.3 Å². The van der Waals surface area contributed by atoms with Crippen LogP contribution in [0.5, 0.6) is 5.75 Å². The van der Waals surface area contributed by atoms with Crippen LogP contribution in [-0.4, -0.2) is 70.0 Å². The van der Waals surface area contributed by atoms with Crippen LogP contribution in [0.1, 0.15) is 36.8 Å².